The molecule has 0 bridgehead atoms. The van der Waals surface area contributed by atoms with Crippen LogP contribution >= 0.6 is 24.2 Å². The first kappa shape index (κ1) is 12.2. The number of hydrogen-bond donors (Lipinski definition) is 1. The van der Waals surface area contributed by atoms with Crippen molar-refractivity contribution in [1.82, 2.24) is 4.90 Å². The standard InChI is InChI=1S/C10H18ClNOS/c1-6-4-9(5-11)10(14)7(2)12(6)8(3)13/h6-7,9-10,14H,4-5H2,1-3H3. The quantitative estimate of drug-likeness (QED) is 0.546. The van der Waals surface area contributed by atoms with Crippen molar-refractivity contribution >= 4 is 30.1 Å². The van der Waals surface area contributed by atoms with Crippen LogP contribution in [0, 0.1) is 5.92 Å². The summed E-state index contributed by atoms with van der Waals surface area (Å²) in [7, 11) is 0. The third-order valence-corrected chi connectivity index (χ3v) is 4.35. The van der Waals surface area contributed by atoms with E-state index in [2.05, 4.69) is 19.6 Å². The van der Waals surface area contributed by atoms with E-state index in [-0.39, 0.29) is 23.2 Å². The van der Waals surface area contributed by atoms with Crippen molar-refractivity contribution in [2.75, 3.05) is 5.88 Å². The minimum Gasteiger partial charge on any atom is -0.336 e. The number of amides is 1. The molecule has 4 unspecified atom stereocenters. The molecule has 1 saturated heterocycles. The number of carbonyl (C=O) groups excluding carboxylic acids is 1. The third kappa shape index (κ3) is 2.19. The summed E-state index contributed by atoms with van der Waals surface area (Å²) >= 11 is 10.4. The second kappa shape index (κ2) is 4.75. The molecule has 0 radical (unpaired) electrons. The van der Waals surface area contributed by atoms with Crippen LogP contribution in [0.25, 0.3) is 0 Å². The molecule has 0 aromatic carbocycles. The Morgan fingerprint density at radius 2 is 2.14 bits per heavy atom. The molecular weight excluding hydrogens is 218 g/mol. The van der Waals surface area contributed by atoms with Crippen LogP contribution in [-0.2, 0) is 4.79 Å². The van der Waals surface area contributed by atoms with Gasteiger partial charge in [0.25, 0.3) is 0 Å². The zero-order valence-electron chi connectivity index (χ0n) is 8.90. The molecule has 0 N–H and O–H groups in total. The first-order valence-corrected chi connectivity index (χ1v) is 6.07. The Kier molecular flexibility index (Phi) is 4.14. The molecule has 1 aliphatic heterocycles. The summed E-state index contributed by atoms with van der Waals surface area (Å²) in [4.78, 5) is 13.3. The maximum absolute atomic E-state index is 11.4. The third-order valence-electron chi connectivity index (χ3n) is 3.10. The van der Waals surface area contributed by atoms with E-state index in [0.29, 0.717) is 11.8 Å². The van der Waals surface area contributed by atoms with E-state index in [4.69, 9.17) is 11.6 Å². The molecule has 1 heterocycles. The number of carbonyl (C=O) groups is 1. The van der Waals surface area contributed by atoms with Crippen molar-refractivity contribution in [3.8, 4) is 0 Å². The largest absolute Gasteiger partial charge is 0.336 e. The SMILES string of the molecule is CC(=O)N1C(C)CC(CCl)C(S)C1C. The lowest BCUT2D eigenvalue weighted by Crippen LogP contribution is -2.55. The van der Waals surface area contributed by atoms with Crippen LogP contribution in [0.5, 0.6) is 0 Å². The van der Waals surface area contributed by atoms with Crippen LogP contribution < -0.4 is 0 Å². The average Bonchev–Trinajstić information content (AvgIpc) is 2.10. The predicted octanol–water partition coefficient (Wildman–Crippen LogP) is 2.17. The Hall–Kier alpha value is 0.110. The summed E-state index contributed by atoms with van der Waals surface area (Å²) in [5.41, 5.74) is 0. The molecule has 1 aliphatic rings. The molecule has 4 atom stereocenters. The van der Waals surface area contributed by atoms with Gasteiger partial charge in [0, 0.05) is 30.1 Å². The van der Waals surface area contributed by atoms with Gasteiger partial charge in [-0.15, -0.1) is 11.6 Å². The lowest BCUT2D eigenvalue weighted by Gasteiger charge is -2.45. The second-order valence-corrected chi connectivity index (χ2v) is 5.06. The maximum Gasteiger partial charge on any atom is 0.219 e. The van der Waals surface area contributed by atoms with Gasteiger partial charge in [-0.1, -0.05) is 0 Å². The first-order chi connectivity index (χ1) is 6.49. The van der Waals surface area contributed by atoms with Crippen LogP contribution in [0.4, 0.5) is 0 Å². The highest BCUT2D eigenvalue weighted by molar-refractivity contribution is 7.81. The van der Waals surface area contributed by atoms with Gasteiger partial charge in [-0.05, 0) is 26.2 Å². The molecule has 2 nitrogen and oxygen atoms in total. The lowest BCUT2D eigenvalue weighted by molar-refractivity contribution is -0.135. The van der Waals surface area contributed by atoms with Crippen LogP contribution in [0.1, 0.15) is 27.2 Å². The van der Waals surface area contributed by atoms with Gasteiger partial charge in [-0.25, -0.2) is 0 Å². The molecule has 1 amide bonds. The van der Waals surface area contributed by atoms with Crippen molar-refractivity contribution in [1.29, 1.82) is 0 Å². The van der Waals surface area contributed by atoms with E-state index < -0.39 is 0 Å². The molecule has 0 aromatic heterocycles. The van der Waals surface area contributed by atoms with E-state index in [0.717, 1.165) is 6.42 Å². The summed E-state index contributed by atoms with van der Waals surface area (Å²) in [5, 5.41) is 0.201. The zero-order valence-corrected chi connectivity index (χ0v) is 10.6. The molecule has 1 fully saturated rings. The molecule has 82 valence electrons. The molecular formula is C10H18ClNOS. The maximum atomic E-state index is 11.4. The number of halogens is 1. The molecule has 0 saturated carbocycles. The lowest BCUT2D eigenvalue weighted by atomic mass is 9.87. The average molecular weight is 236 g/mol. The van der Waals surface area contributed by atoms with E-state index in [1.54, 1.807) is 6.92 Å². The van der Waals surface area contributed by atoms with Crippen LogP contribution in [-0.4, -0.2) is 34.0 Å². The van der Waals surface area contributed by atoms with Gasteiger partial charge in [0.05, 0.1) is 0 Å². The molecule has 4 heteroatoms. The molecule has 0 aliphatic carbocycles. The van der Waals surface area contributed by atoms with Gasteiger partial charge in [-0.3, -0.25) is 4.79 Å². The van der Waals surface area contributed by atoms with Crippen LogP contribution in [0.15, 0.2) is 0 Å². The van der Waals surface area contributed by atoms with Crippen molar-refractivity contribution in [2.45, 2.75) is 44.5 Å². The number of likely N-dealkylation sites (tertiary alicyclic amines) is 1. The molecule has 0 aromatic rings. The highest BCUT2D eigenvalue weighted by atomic mass is 35.5. The minimum absolute atomic E-state index is 0.136. The van der Waals surface area contributed by atoms with Crippen molar-refractivity contribution in [3.05, 3.63) is 0 Å². The van der Waals surface area contributed by atoms with Crippen LogP contribution in [0.2, 0.25) is 0 Å². The summed E-state index contributed by atoms with van der Waals surface area (Å²) in [5.74, 6) is 1.19. The van der Waals surface area contributed by atoms with Gasteiger partial charge in [0.15, 0.2) is 0 Å². The van der Waals surface area contributed by atoms with E-state index >= 15 is 0 Å². The van der Waals surface area contributed by atoms with E-state index in [1.807, 2.05) is 11.8 Å². The number of thiol groups is 1. The van der Waals surface area contributed by atoms with Crippen molar-refractivity contribution < 1.29 is 4.79 Å². The topological polar surface area (TPSA) is 20.3 Å². The normalized spacial score (nSPS) is 38.5. The number of nitrogens with zero attached hydrogens (tertiary/aromatic N) is 1. The van der Waals surface area contributed by atoms with E-state index in [1.165, 1.54) is 0 Å². The van der Waals surface area contributed by atoms with Gasteiger partial charge < -0.3 is 4.90 Å². The first-order valence-electron chi connectivity index (χ1n) is 5.02. The molecule has 14 heavy (non-hydrogen) atoms. The van der Waals surface area contributed by atoms with Crippen LogP contribution in [0.3, 0.4) is 0 Å². The zero-order chi connectivity index (χ0) is 10.9. The highest BCUT2D eigenvalue weighted by Gasteiger charge is 2.37. The van der Waals surface area contributed by atoms with Gasteiger partial charge >= 0.3 is 0 Å². The fraction of sp³-hybridized carbons (Fsp3) is 0.900. The Bertz CT molecular complexity index is 224. The minimum atomic E-state index is 0.136. The molecule has 1 rings (SSSR count). The van der Waals surface area contributed by atoms with Gasteiger partial charge in [-0.2, -0.15) is 12.6 Å². The number of piperidine rings is 1. The Morgan fingerprint density at radius 3 is 2.57 bits per heavy atom. The summed E-state index contributed by atoms with van der Waals surface area (Å²) in [6, 6.07) is 0.470. The fourth-order valence-electron chi connectivity index (χ4n) is 2.40. The Labute approximate surface area is 96.4 Å². The summed E-state index contributed by atoms with van der Waals surface area (Å²) in [6.07, 6.45) is 0.960. The summed E-state index contributed by atoms with van der Waals surface area (Å²) in [6.45, 7) is 5.75. The highest BCUT2D eigenvalue weighted by Crippen LogP contribution is 2.32. The van der Waals surface area contributed by atoms with Crippen molar-refractivity contribution in [3.63, 3.8) is 0 Å². The smallest absolute Gasteiger partial charge is 0.219 e. The second-order valence-electron chi connectivity index (χ2n) is 4.16. The number of alkyl halides is 1. The van der Waals surface area contributed by atoms with Crippen molar-refractivity contribution in [2.24, 2.45) is 5.92 Å². The fourth-order valence-corrected chi connectivity index (χ4v) is 3.22. The summed E-state index contributed by atoms with van der Waals surface area (Å²) < 4.78 is 0. The monoisotopic (exact) mass is 235 g/mol. The number of rotatable bonds is 1. The predicted molar refractivity (Wildman–Crippen MR) is 63.0 cm³/mol. The van der Waals surface area contributed by atoms with Gasteiger partial charge in [0.2, 0.25) is 5.91 Å². The number of hydrogen-bond acceptors (Lipinski definition) is 2. The Balaban J connectivity index is 2.79. The molecule has 0 spiro atoms. The van der Waals surface area contributed by atoms with Gasteiger partial charge in [0.1, 0.15) is 0 Å². The Morgan fingerprint density at radius 1 is 1.57 bits per heavy atom. The van der Waals surface area contributed by atoms with E-state index in [9.17, 15) is 4.79 Å².